The van der Waals surface area contributed by atoms with E-state index < -0.39 is 11.6 Å². The highest BCUT2D eigenvalue weighted by atomic mass is 79.9. The molecule has 0 bridgehead atoms. The van der Waals surface area contributed by atoms with Gasteiger partial charge in [-0.3, -0.25) is 4.79 Å². The molecular weight excluding hydrogens is 428 g/mol. The molecule has 0 saturated heterocycles. The van der Waals surface area contributed by atoms with Gasteiger partial charge in [0.2, 0.25) is 0 Å². The summed E-state index contributed by atoms with van der Waals surface area (Å²) >= 11 is 7.84. The van der Waals surface area contributed by atoms with Crippen LogP contribution in [-0.4, -0.2) is 31.3 Å². The largest absolute Gasteiger partial charge is 0.490 e. The van der Waals surface area contributed by atoms with Gasteiger partial charge < -0.3 is 14.2 Å². The zero-order valence-corrected chi connectivity index (χ0v) is 16.1. The molecule has 0 unspecified atom stereocenters. The Morgan fingerprint density at radius 1 is 1.24 bits per heavy atom. The van der Waals surface area contributed by atoms with Crippen molar-refractivity contribution in [2.24, 2.45) is 0 Å². The van der Waals surface area contributed by atoms with Crippen molar-refractivity contribution in [3.8, 4) is 5.75 Å². The number of thiophene rings is 1. The van der Waals surface area contributed by atoms with Crippen LogP contribution < -0.4 is 4.74 Å². The fourth-order valence-corrected chi connectivity index (χ4v) is 3.49. The molecule has 0 aliphatic heterocycles. The van der Waals surface area contributed by atoms with Gasteiger partial charge in [0.1, 0.15) is 5.60 Å². The number of hydrogen-bond acceptors (Lipinski definition) is 6. The Morgan fingerprint density at radius 2 is 1.86 bits per heavy atom. The van der Waals surface area contributed by atoms with Gasteiger partial charge in [0.25, 0.3) is 0 Å². The van der Waals surface area contributed by atoms with Crippen LogP contribution in [-0.2, 0) is 14.3 Å². The summed E-state index contributed by atoms with van der Waals surface area (Å²) in [5, 5.41) is 0. The lowest BCUT2D eigenvalue weighted by atomic mass is 10.2. The van der Waals surface area contributed by atoms with Crippen LogP contribution in [0.1, 0.15) is 36.9 Å². The first kappa shape index (κ1) is 18.4. The van der Waals surface area contributed by atoms with Gasteiger partial charge in [0, 0.05) is 0 Å². The summed E-state index contributed by atoms with van der Waals surface area (Å²) < 4.78 is 16.7. The van der Waals surface area contributed by atoms with Gasteiger partial charge in [0.15, 0.2) is 10.6 Å². The molecule has 21 heavy (non-hydrogen) atoms. The smallest absolute Gasteiger partial charge is 0.351 e. The maximum absolute atomic E-state index is 11.7. The zero-order chi connectivity index (χ0) is 16.2. The fraction of sp³-hybridized carbons (Fsp3) is 0.538. The van der Waals surface area contributed by atoms with E-state index in [9.17, 15) is 9.59 Å². The minimum absolute atomic E-state index is 0.0950. The van der Waals surface area contributed by atoms with Crippen LogP contribution in [0.2, 0.25) is 0 Å². The Hall–Kier alpha value is -0.600. The molecule has 0 spiro atoms. The van der Waals surface area contributed by atoms with Crippen molar-refractivity contribution >= 4 is 55.1 Å². The Morgan fingerprint density at radius 3 is 2.38 bits per heavy atom. The molecule has 1 heterocycles. The second kappa shape index (κ2) is 7.60. The van der Waals surface area contributed by atoms with Crippen LogP contribution in [0.4, 0.5) is 0 Å². The topological polar surface area (TPSA) is 61.8 Å². The third-order valence-corrected chi connectivity index (χ3v) is 5.49. The first-order chi connectivity index (χ1) is 9.65. The highest BCUT2D eigenvalue weighted by Gasteiger charge is 2.23. The number of hydrogen-bond donors (Lipinski definition) is 0. The molecule has 1 aromatic rings. The summed E-state index contributed by atoms with van der Waals surface area (Å²) in [6, 6.07) is 0. The van der Waals surface area contributed by atoms with E-state index in [2.05, 4.69) is 31.9 Å². The number of ether oxygens (including phenoxy) is 3. The highest BCUT2D eigenvalue weighted by Crippen LogP contribution is 2.43. The predicted octanol–water partition coefficient (Wildman–Crippen LogP) is 4.17. The van der Waals surface area contributed by atoms with Crippen molar-refractivity contribution in [1.29, 1.82) is 0 Å². The van der Waals surface area contributed by atoms with Gasteiger partial charge in [-0.1, -0.05) is 0 Å². The lowest BCUT2D eigenvalue weighted by Crippen LogP contribution is -2.24. The molecule has 0 fully saturated rings. The van der Waals surface area contributed by atoms with Gasteiger partial charge in [-0.25, -0.2) is 4.79 Å². The van der Waals surface area contributed by atoms with Crippen LogP contribution in [0.5, 0.6) is 5.75 Å². The van der Waals surface area contributed by atoms with Crippen LogP contribution in [0.3, 0.4) is 0 Å². The minimum Gasteiger partial charge on any atom is -0.490 e. The molecule has 8 heteroatoms. The summed E-state index contributed by atoms with van der Waals surface area (Å²) in [6.07, 6.45) is 0.0950. The molecule has 0 radical (unpaired) electrons. The Bertz CT molecular complexity index is 533. The van der Waals surface area contributed by atoms with E-state index in [1.165, 1.54) is 18.4 Å². The summed E-state index contributed by atoms with van der Waals surface area (Å²) in [6.45, 7) is 5.51. The molecule has 0 aliphatic carbocycles. The van der Waals surface area contributed by atoms with Crippen LogP contribution >= 0.6 is 43.2 Å². The number of carbonyl (C=O) groups excluding carboxylic acids is 2. The first-order valence-corrected chi connectivity index (χ1v) is 8.46. The standard InChI is InChI=1S/C13H16Br2O5S/c1-13(2,3)20-7(16)5-6-19-9-8(14)11(15)21-10(9)12(17)18-4/h5-6H2,1-4H3. The number of halogens is 2. The van der Waals surface area contributed by atoms with Crippen molar-refractivity contribution in [1.82, 2.24) is 0 Å². The van der Waals surface area contributed by atoms with Crippen molar-refractivity contribution in [2.45, 2.75) is 32.8 Å². The monoisotopic (exact) mass is 442 g/mol. The van der Waals surface area contributed by atoms with E-state index in [1.807, 2.05) is 0 Å². The normalized spacial score (nSPS) is 11.1. The molecule has 0 atom stereocenters. The predicted molar refractivity (Wildman–Crippen MR) is 87.0 cm³/mol. The van der Waals surface area contributed by atoms with E-state index in [-0.39, 0.29) is 19.0 Å². The van der Waals surface area contributed by atoms with E-state index in [0.717, 1.165) is 3.79 Å². The molecule has 118 valence electrons. The Kier molecular flexibility index (Phi) is 6.68. The average Bonchev–Trinajstić information content (AvgIpc) is 2.64. The first-order valence-electron chi connectivity index (χ1n) is 6.06. The molecule has 0 N–H and O–H groups in total. The molecule has 0 aromatic carbocycles. The van der Waals surface area contributed by atoms with Crippen molar-refractivity contribution in [2.75, 3.05) is 13.7 Å². The van der Waals surface area contributed by atoms with Crippen LogP contribution in [0, 0.1) is 0 Å². The second-order valence-corrected chi connectivity index (χ2v) is 8.16. The third-order valence-electron chi connectivity index (χ3n) is 2.11. The summed E-state index contributed by atoms with van der Waals surface area (Å²) in [4.78, 5) is 23.6. The molecule has 1 aromatic heterocycles. The quantitative estimate of drug-likeness (QED) is 0.639. The van der Waals surface area contributed by atoms with Crippen molar-refractivity contribution in [3.05, 3.63) is 13.1 Å². The average molecular weight is 444 g/mol. The van der Waals surface area contributed by atoms with Crippen LogP contribution in [0.25, 0.3) is 0 Å². The van der Waals surface area contributed by atoms with Gasteiger partial charge in [0.05, 0.1) is 28.4 Å². The molecule has 0 aliphatic rings. The number of rotatable bonds is 5. The van der Waals surface area contributed by atoms with Crippen LogP contribution in [0.15, 0.2) is 8.26 Å². The SMILES string of the molecule is COC(=O)c1sc(Br)c(Br)c1OCCC(=O)OC(C)(C)C. The summed E-state index contributed by atoms with van der Waals surface area (Å²) in [7, 11) is 1.30. The number of methoxy groups -OCH3 is 1. The van der Waals surface area contributed by atoms with Crippen molar-refractivity contribution in [3.63, 3.8) is 0 Å². The molecule has 5 nitrogen and oxygen atoms in total. The third kappa shape index (κ3) is 5.60. The van der Waals surface area contributed by atoms with Gasteiger partial charge in [-0.2, -0.15) is 0 Å². The number of carbonyl (C=O) groups is 2. The number of esters is 2. The van der Waals surface area contributed by atoms with E-state index in [0.29, 0.717) is 15.1 Å². The Labute approximate surface area is 144 Å². The lowest BCUT2D eigenvalue weighted by Gasteiger charge is -2.19. The second-order valence-electron chi connectivity index (χ2n) is 5.02. The van der Waals surface area contributed by atoms with Gasteiger partial charge in [-0.15, -0.1) is 11.3 Å². The molecular formula is C13H16Br2O5S. The van der Waals surface area contributed by atoms with Crippen molar-refractivity contribution < 1.29 is 23.8 Å². The fourth-order valence-electron chi connectivity index (χ4n) is 1.35. The zero-order valence-electron chi connectivity index (χ0n) is 12.1. The molecule has 1 rings (SSSR count). The molecule has 0 saturated carbocycles. The highest BCUT2D eigenvalue weighted by molar-refractivity contribution is 9.13. The van der Waals surface area contributed by atoms with E-state index in [4.69, 9.17) is 14.2 Å². The van der Waals surface area contributed by atoms with Gasteiger partial charge in [-0.05, 0) is 52.6 Å². The maximum atomic E-state index is 11.7. The van der Waals surface area contributed by atoms with E-state index in [1.54, 1.807) is 20.8 Å². The van der Waals surface area contributed by atoms with Gasteiger partial charge >= 0.3 is 11.9 Å². The summed E-state index contributed by atoms with van der Waals surface area (Å²) in [5.74, 6) is -0.478. The Balaban J connectivity index is 2.68. The van der Waals surface area contributed by atoms with E-state index >= 15 is 0 Å². The summed E-state index contributed by atoms with van der Waals surface area (Å²) in [5.41, 5.74) is -0.528. The lowest BCUT2D eigenvalue weighted by molar-refractivity contribution is -0.155. The minimum atomic E-state index is -0.528. The molecule has 0 amide bonds. The maximum Gasteiger partial charge on any atom is 0.351 e.